The fourth-order valence-electron chi connectivity index (χ4n) is 2.52. The molecule has 4 aliphatic heterocycles. The van der Waals surface area contributed by atoms with Crippen LogP contribution in [0, 0.1) is 0 Å². The van der Waals surface area contributed by atoms with Gasteiger partial charge >= 0.3 is 17.9 Å². The van der Waals surface area contributed by atoms with Crippen LogP contribution in [0.3, 0.4) is 0 Å². The normalized spacial score (nSPS) is 16.0. The first-order valence-corrected chi connectivity index (χ1v) is 8.21. The van der Waals surface area contributed by atoms with Crippen LogP contribution in [0.4, 0.5) is 0 Å². The van der Waals surface area contributed by atoms with Crippen LogP contribution in [0.1, 0.15) is 60.7 Å². The third-order valence-corrected chi connectivity index (χ3v) is 4.02. The van der Waals surface area contributed by atoms with E-state index in [2.05, 4.69) is 0 Å². The molecule has 0 aromatic heterocycles. The number of carbonyl (C=O) groups is 4. The maximum absolute atomic E-state index is 12.1. The van der Waals surface area contributed by atoms with Crippen LogP contribution < -0.4 is 0 Å². The number of hydrogen-bond acceptors (Lipinski definition) is 6. The molecule has 6 nitrogen and oxygen atoms in total. The highest BCUT2D eigenvalue weighted by atomic mass is 16.6. The predicted octanol–water partition coefficient (Wildman–Crippen LogP) is 3.21. The monoisotopic (exact) mass is 352 g/mol. The number of carbonyl (C=O) groups excluding carboxylic acids is 4. The van der Waals surface area contributed by atoms with Gasteiger partial charge in [-0.1, -0.05) is 12.1 Å². The summed E-state index contributed by atoms with van der Waals surface area (Å²) in [6.45, 7) is 0.212. The van der Waals surface area contributed by atoms with Gasteiger partial charge in [-0.3, -0.25) is 4.79 Å². The summed E-state index contributed by atoms with van der Waals surface area (Å²) in [5.74, 6) is -2.21. The van der Waals surface area contributed by atoms with Gasteiger partial charge in [-0.2, -0.15) is 0 Å². The zero-order valence-electron chi connectivity index (χ0n) is 13.9. The topological polar surface area (TPSA) is 86.7 Å². The average Bonchev–Trinajstić information content (AvgIpc) is 2.67. The van der Waals surface area contributed by atoms with E-state index in [0.717, 1.165) is 0 Å². The smallest absolute Gasteiger partial charge is 0.346 e. The van der Waals surface area contributed by atoms with E-state index in [4.69, 9.17) is 9.47 Å². The van der Waals surface area contributed by atoms with Gasteiger partial charge in [0.25, 0.3) is 0 Å². The van der Waals surface area contributed by atoms with Crippen molar-refractivity contribution in [3.63, 3.8) is 0 Å². The van der Waals surface area contributed by atoms with Gasteiger partial charge in [-0.05, 0) is 49.2 Å². The third-order valence-electron chi connectivity index (χ3n) is 4.02. The minimum absolute atomic E-state index is 0.0664. The fraction of sp³-hybridized carbons (Fsp3) is 0.200. The molecule has 0 fully saturated rings. The molecule has 0 N–H and O–H groups in total. The van der Waals surface area contributed by atoms with Crippen LogP contribution >= 0.6 is 0 Å². The highest BCUT2D eigenvalue weighted by Gasteiger charge is 2.17. The number of benzene rings is 2. The summed E-state index contributed by atoms with van der Waals surface area (Å²) in [6, 6.07) is 11.6. The second kappa shape index (κ2) is 7.74. The van der Waals surface area contributed by atoms with Crippen molar-refractivity contribution in [3.8, 4) is 0 Å². The van der Waals surface area contributed by atoms with Gasteiger partial charge in [0, 0.05) is 12.0 Å². The van der Waals surface area contributed by atoms with E-state index >= 15 is 0 Å². The minimum Gasteiger partial charge on any atom is -0.462 e. The van der Waals surface area contributed by atoms with E-state index in [1.54, 1.807) is 0 Å². The van der Waals surface area contributed by atoms with E-state index in [0.29, 0.717) is 30.4 Å². The molecule has 0 unspecified atom stereocenters. The first kappa shape index (κ1) is 17.5. The van der Waals surface area contributed by atoms with E-state index < -0.39 is 17.9 Å². The predicted molar refractivity (Wildman–Crippen MR) is 91.1 cm³/mol. The van der Waals surface area contributed by atoms with Crippen LogP contribution in [0.15, 0.2) is 48.5 Å². The lowest BCUT2D eigenvalue weighted by Gasteiger charge is -2.08. The summed E-state index contributed by atoms with van der Waals surface area (Å²) in [7, 11) is 0. The summed E-state index contributed by atoms with van der Waals surface area (Å²) >= 11 is 0. The van der Waals surface area contributed by atoms with E-state index in [9.17, 15) is 19.2 Å². The highest BCUT2D eigenvalue weighted by molar-refractivity contribution is 6.03. The first-order valence-electron chi connectivity index (χ1n) is 8.21. The summed E-state index contributed by atoms with van der Waals surface area (Å²) in [5.41, 5.74) is 1.08. The SMILES string of the molecule is O=C1CCCCOC(=O)c2ccc(cc2)C(=O)OC(=O)c2ccc1cc2. The molecule has 0 aliphatic carbocycles. The maximum atomic E-state index is 12.1. The Hall–Kier alpha value is -3.28. The summed E-state index contributed by atoms with van der Waals surface area (Å²) in [5, 5.41) is 0. The Morgan fingerprint density at radius 3 is 1.58 bits per heavy atom. The lowest BCUT2D eigenvalue weighted by atomic mass is 10.0. The van der Waals surface area contributed by atoms with Crippen molar-refractivity contribution >= 4 is 23.7 Å². The molecule has 0 atom stereocenters. The number of Topliss-reactive ketones (excluding diaryl/α,β-unsaturated/α-hetero) is 1. The molecule has 4 heterocycles. The third kappa shape index (κ3) is 4.03. The molecular formula is C20H16O6. The maximum Gasteiger partial charge on any atom is 0.346 e. The molecule has 132 valence electrons. The summed E-state index contributed by atoms with van der Waals surface area (Å²) in [6.07, 6.45) is 1.47. The van der Waals surface area contributed by atoms with Crippen molar-refractivity contribution in [2.45, 2.75) is 19.3 Å². The van der Waals surface area contributed by atoms with Crippen molar-refractivity contribution in [1.82, 2.24) is 0 Å². The van der Waals surface area contributed by atoms with Gasteiger partial charge in [0.05, 0.1) is 23.3 Å². The quantitative estimate of drug-likeness (QED) is 0.534. The van der Waals surface area contributed by atoms with Gasteiger partial charge < -0.3 is 9.47 Å². The van der Waals surface area contributed by atoms with Crippen LogP contribution in [0.2, 0.25) is 0 Å². The molecule has 4 bridgehead atoms. The standard InChI is InChI=1S/C20H16O6/c21-17-3-1-2-12-25-18(22)14-8-10-16(11-9-14)20(24)26-19(23)15-6-4-13(17)5-7-15/h4-11H,1-3,12H2. The molecule has 0 spiro atoms. The minimum atomic E-state index is -0.823. The van der Waals surface area contributed by atoms with Gasteiger partial charge in [0.1, 0.15) is 0 Å². The molecule has 2 aromatic carbocycles. The average molecular weight is 352 g/mol. The molecule has 0 amide bonds. The second-order valence-electron chi connectivity index (χ2n) is 5.85. The number of rotatable bonds is 0. The van der Waals surface area contributed by atoms with Crippen molar-refractivity contribution in [2.24, 2.45) is 0 Å². The van der Waals surface area contributed by atoms with E-state index in [-0.39, 0.29) is 23.5 Å². The van der Waals surface area contributed by atoms with Crippen LogP contribution in [0.5, 0.6) is 0 Å². The van der Waals surface area contributed by atoms with Crippen molar-refractivity contribution < 1.29 is 28.7 Å². The van der Waals surface area contributed by atoms with Crippen LogP contribution in [-0.2, 0) is 9.47 Å². The van der Waals surface area contributed by atoms with Gasteiger partial charge in [-0.15, -0.1) is 0 Å². The Bertz CT molecular complexity index is 777. The second-order valence-corrected chi connectivity index (χ2v) is 5.85. The van der Waals surface area contributed by atoms with Crippen molar-refractivity contribution in [2.75, 3.05) is 6.61 Å². The van der Waals surface area contributed by atoms with Gasteiger partial charge in [0.2, 0.25) is 0 Å². The van der Waals surface area contributed by atoms with E-state index in [1.807, 2.05) is 0 Å². The first-order chi connectivity index (χ1) is 12.5. The van der Waals surface area contributed by atoms with Crippen LogP contribution in [0.25, 0.3) is 0 Å². The van der Waals surface area contributed by atoms with E-state index in [1.165, 1.54) is 48.5 Å². The largest absolute Gasteiger partial charge is 0.462 e. The molecule has 2 aromatic rings. The Morgan fingerprint density at radius 2 is 1.04 bits per heavy atom. The number of ether oxygens (including phenoxy) is 2. The number of ketones is 1. The number of hydrogen-bond donors (Lipinski definition) is 0. The lowest BCUT2D eigenvalue weighted by molar-refractivity contribution is 0.0394. The molecule has 4 aliphatic rings. The molecule has 0 radical (unpaired) electrons. The highest BCUT2D eigenvalue weighted by Crippen LogP contribution is 2.13. The van der Waals surface area contributed by atoms with Gasteiger partial charge in [-0.25, -0.2) is 14.4 Å². The van der Waals surface area contributed by atoms with Crippen molar-refractivity contribution in [3.05, 3.63) is 70.8 Å². The Labute approximate surface area is 149 Å². The molecule has 26 heavy (non-hydrogen) atoms. The summed E-state index contributed by atoms with van der Waals surface area (Å²) in [4.78, 5) is 48.2. The zero-order valence-corrected chi connectivity index (χ0v) is 13.9. The Morgan fingerprint density at radius 1 is 0.577 bits per heavy atom. The fourth-order valence-corrected chi connectivity index (χ4v) is 2.52. The Kier molecular flexibility index (Phi) is 5.22. The van der Waals surface area contributed by atoms with Crippen LogP contribution in [-0.4, -0.2) is 30.3 Å². The number of esters is 3. The molecule has 6 heteroatoms. The zero-order chi connectivity index (χ0) is 18.5. The summed E-state index contributed by atoms with van der Waals surface area (Å²) < 4.78 is 9.98. The molecule has 6 rings (SSSR count). The van der Waals surface area contributed by atoms with Crippen molar-refractivity contribution in [1.29, 1.82) is 0 Å². The van der Waals surface area contributed by atoms with Gasteiger partial charge in [0.15, 0.2) is 5.78 Å². The molecule has 0 saturated carbocycles. The molecular weight excluding hydrogens is 336 g/mol. The Balaban J connectivity index is 1.86. The lowest BCUT2D eigenvalue weighted by Crippen LogP contribution is -2.14. The molecule has 0 saturated heterocycles.